The first kappa shape index (κ1) is 10.6. The van der Waals surface area contributed by atoms with E-state index in [-0.39, 0.29) is 5.56 Å². The number of nitro groups is 1. The van der Waals surface area contributed by atoms with Crippen LogP contribution in [0.1, 0.15) is 10.4 Å². The number of benzene rings is 1. The lowest BCUT2D eigenvalue weighted by Gasteiger charge is -1.96. The van der Waals surface area contributed by atoms with Gasteiger partial charge in [0.05, 0.1) is 11.3 Å². The average Bonchev–Trinajstić information content (AvgIpc) is 2.17. The SMILES string of the molecule is O=C(O)c1cccc(N/N=C/[N+](=O)[O-])c1. The fourth-order valence-electron chi connectivity index (χ4n) is 0.872. The smallest absolute Gasteiger partial charge is 0.352 e. The van der Waals surface area contributed by atoms with Gasteiger partial charge in [-0.1, -0.05) is 6.07 Å². The maximum atomic E-state index is 10.6. The number of hydrogen-bond acceptors (Lipinski definition) is 5. The van der Waals surface area contributed by atoms with E-state index in [0.717, 1.165) is 0 Å². The van der Waals surface area contributed by atoms with Crippen molar-refractivity contribution < 1.29 is 14.8 Å². The third-order valence-electron chi connectivity index (χ3n) is 1.46. The van der Waals surface area contributed by atoms with Gasteiger partial charge < -0.3 is 15.2 Å². The van der Waals surface area contributed by atoms with Crippen molar-refractivity contribution in [1.29, 1.82) is 0 Å². The number of hydrazone groups is 1. The molecule has 7 nitrogen and oxygen atoms in total. The molecule has 78 valence electrons. The topological polar surface area (TPSA) is 105 Å². The van der Waals surface area contributed by atoms with Crippen LogP contribution in [0.25, 0.3) is 0 Å². The predicted molar refractivity (Wildman–Crippen MR) is 52.5 cm³/mol. The number of carbonyl (C=O) groups is 1. The fourth-order valence-corrected chi connectivity index (χ4v) is 0.872. The summed E-state index contributed by atoms with van der Waals surface area (Å²) in [6, 6.07) is 5.78. The van der Waals surface area contributed by atoms with Crippen molar-refractivity contribution >= 4 is 18.0 Å². The summed E-state index contributed by atoms with van der Waals surface area (Å²) in [7, 11) is 0. The fraction of sp³-hybridized carbons (Fsp3) is 0. The molecule has 0 aliphatic heterocycles. The second-order valence-electron chi connectivity index (χ2n) is 2.53. The third-order valence-corrected chi connectivity index (χ3v) is 1.46. The Kier molecular flexibility index (Phi) is 3.33. The number of anilines is 1. The molecule has 0 saturated heterocycles. The van der Waals surface area contributed by atoms with Gasteiger partial charge >= 0.3 is 12.3 Å². The average molecular weight is 209 g/mol. The van der Waals surface area contributed by atoms with Crippen molar-refractivity contribution in [1.82, 2.24) is 0 Å². The number of aromatic carboxylic acids is 1. The number of nitrogens with zero attached hydrogens (tertiary/aromatic N) is 2. The Morgan fingerprint density at radius 1 is 1.60 bits per heavy atom. The van der Waals surface area contributed by atoms with E-state index in [4.69, 9.17) is 5.11 Å². The van der Waals surface area contributed by atoms with Gasteiger partial charge in [0.15, 0.2) is 0 Å². The van der Waals surface area contributed by atoms with Crippen molar-refractivity contribution in [3.8, 4) is 0 Å². The van der Waals surface area contributed by atoms with Crippen LogP contribution in [0.15, 0.2) is 29.4 Å². The first-order chi connectivity index (χ1) is 7.09. The number of carboxylic acids is 1. The lowest BCUT2D eigenvalue weighted by molar-refractivity contribution is -0.339. The number of nitrogens with one attached hydrogen (secondary N) is 1. The quantitative estimate of drug-likeness (QED) is 0.333. The molecule has 0 saturated carbocycles. The molecule has 0 fully saturated rings. The van der Waals surface area contributed by atoms with Gasteiger partial charge in [-0.15, -0.1) is 0 Å². The highest BCUT2D eigenvalue weighted by Crippen LogP contribution is 2.10. The van der Waals surface area contributed by atoms with E-state index in [1.165, 1.54) is 18.2 Å². The molecule has 1 aromatic carbocycles. The highest BCUT2D eigenvalue weighted by Gasteiger charge is 2.03. The summed E-state index contributed by atoms with van der Waals surface area (Å²) in [5, 5.41) is 21.8. The highest BCUT2D eigenvalue weighted by molar-refractivity contribution is 5.88. The molecule has 0 heterocycles. The molecular weight excluding hydrogens is 202 g/mol. The summed E-state index contributed by atoms with van der Waals surface area (Å²) in [5.74, 6) is -1.07. The van der Waals surface area contributed by atoms with Crippen LogP contribution in [0.5, 0.6) is 0 Å². The van der Waals surface area contributed by atoms with E-state index >= 15 is 0 Å². The van der Waals surface area contributed by atoms with E-state index in [1.54, 1.807) is 6.07 Å². The summed E-state index contributed by atoms with van der Waals surface area (Å²) in [4.78, 5) is 19.7. The second-order valence-corrected chi connectivity index (χ2v) is 2.53. The van der Waals surface area contributed by atoms with Crippen LogP contribution in [0, 0.1) is 10.1 Å². The minimum atomic E-state index is -1.07. The van der Waals surface area contributed by atoms with Crippen molar-refractivity contribution in [2.24, 2.45) is 5.10 Å². The molecule has 15 heavy (non-hydrogen) atoms. The molecule has 0 radical (unpaired) electrons. The van der Waals surface area contributed by atoms with E-state index in [2.05, 4.69) is 10.5 Å². The summed E-state index contributed by atoms with van der Waals surface area (Å²) in [6.45, 7) is 0. The Morgan fingerprint density at radius 2 is 2.33 bits per heavy atom. The molecule has 0 bridgehead atoms. The molecule has 0 amide bonds. The maximum absolute atomic E-state index is 10.6. The lowest BCUT2D eigenvalue weighted by atomic mass is 10.2. The van der Waals surface area contributed by atoms with Gasteiger partial charge in [-0.25, -0.2) is 4.79 Å². The normalized spacial score (nSPS) is 10.1. The zero-order valence-corrected chi connectivity index (χ0v) is 7.45. The number of hydrogen-bond donors (Lipinski definition) is 2. The predicted octanol–water partition coefficient (Wildman–Crippen LogP) is 1.02. The molecule has 2 N–H and O–H groups in total. The second kappa shape index (κ2) is 4.70. The number of rotatable bonds is 4. The molecule has 1 aromatic rings. The van der Waals surface area contributed by atoms with E-state index in [0.29, 0.717) is 12.0 Å². The van der Waals surface area contributed by atoms with Gasteiger partial charge in [0.2, 0.25) is 0 Å². The van der Waals surface area contributed by atoms with Gasteiger partial charge in [-0.3, -0.25) is 0 Å². The first-order valence-corrected chi connectivity index (χ1v) is 3.85. The van der Waals surface area contributed by atoms with Gasteiger partial charge in [-0.2, -0.15) is 5.43 Å². The van der Waals surface area contributed by atoms with Crippen LogP contribution in [0.4, 0.5) is 5.69 Å². The standard InChI is InChI=1S/C8H7N3O4/c12-8(13)6-2-1-3-7(4-6)10-9-5-11(14)15/h1-5,10H,(H,12,13)/b9-5+. The molecule has 0 aliphatic rings. The summed E-state index contributed by atoms with van der Waals surface area (Å²) >= 11 is 0. The monoisotopic (exact) mass is 209 g/mol. The molecular formula is C8H7N3O4. The molecule has 1 rings (SSSR count). The van der Waals surface area contributed by atoms with Gasteiger partial charge in [0.1, 0.15) is 0 Å². The minimum absolute atomic E-state index is 0.0799. The Balaban J connectivity index is 2.74. The van der Waals surface area contributed by atoms with Gasteiger partial charge in [0.25, 0.3) is 0 Å². The number of carboxylic acid groups (broad SMARTS) is 1. The van der Waals surface area contributed by atoms with Crippen molar-refractivity contribution in [2.45, 2.75) is 0 Å². The van der Waals surface area contributed by atoms with Crippen molar-refractivity contribution in [3.05, 3.63) is 39.9 Å². The van der Waals surface area contributed by atoms with Gasteiger partial charge in [-0.05, 0) is 23.1 Å². The summed E-state index contributed by atoms with van der Waals surface area (Å²) < 4.78 is 0. The summed E-state index contributed by atoms with van der Waals surface area (Å²) in [5.41, 5.74) is 2.78. The van der Waals surface area contributed by atoms with Crippen LogP contribution in [0.3, 0.4) is 0 Å². The van der Waals surface area contributed by atoms with Crippen LogP contribution < -0.4 is 5.43 Å². The third kappa shape index (κ3) is 3.43. The Labute approximate surface area is 84.2 Å². The van der Waals surface area contributed by atoms with E-state index in [9.17, 15) is 14.9 Å². The van der Waals surface area contributed by atoms with E-state index in [1.807, 2.05) is 0 Å². The summed E-state index contributed by atoms with van der Waals surface area (Å²) in [6.07, 6.45) is 0.480. The van der Waals surface area contributed by atoms with Crippen molar-refractivity contribution in [2.75, 3.05) is 5.43 Å². The molecule has 0 atom stereocenters. The Morgan fingerprint density at radius 3 is 2.93 bits per heavy atom. The van der Waals surface area contributed by atoms with Crippen LogP contribution in [-0.4, -0.2) is 22.3 Å². The molecule has 0 spiro atoms. The van der Waals surface area contributed by atoms with Crippen molar-refractivity contribution in [3.63, 3.8) is 0 Å². The van der Waals surface area contributed by atoms with Crippen LogP contribution >= 0.6 is 0 Å². The Hall–Kier alpha value is -2.44. The largest absolute Gasteiger partial charge is 0.478 e. The zero-order valence-electron chi connectivity index (χ0n) is 7.45. The first-order valence-electron chi connectivity index (χ1n) is 3.85. The molecule has 0 aromatic heterocycles. The van der Waals surface area contributed by atoms with Crippen LogP contribution in [0.2, 0.25) is 0 Å². The maximum Gasteiger partial charge on any atom is 0.352 e. The molecule has 0 unspecified atom stereocenters. The lowest BCUT2D eigenvalue weighted by Crippen LogP contribution is -1.99. The highest BCUT2D eigenvalue weighted by atomic mass is 16.6. The zero-order chi connectivity index (χ0) is 11.3. The molecule has 7 heteroatoms. The van der Waals surface area contributed by atoms with E-state index < -0.39 is 10.9 Å². The van der Waals surface area contributed by atoms with Crippen LogP contribution in [-0.2, 0) is 0 Å². The minimum Gasteiger partial charge on any atom is -0.478 e. The van der Waals surface area contributed by atoms with Gasteiger partial charge in [0, 0.05) is 5.10 Å². The Bertz CT molecular complexity index is 416. The molecule has 0 aliphatic carbocycles.